The van der Waals surface area contributed by atoms with Crippen molar-refractivity contribution in [3.63, 3.8) is 0 Å². The van der Waals surface area contributed by atoms with Crippen LogP contribution in [0.1, 0.15) is 44.7 Å². The second-order valence-corrected chi connectivity index (χ2v) is 6.52. The van der Waals surface area contributed by atoms with Crippen LogP contribution in [-0.2, 0) is 4.79 Å². The molecule has 0 heterocycles. The summed E-state index contributed by atoms with van der Waals surface area (Å²) in [4.78, 5) is 12.1. The zero-order valence-corrected chi connectivity index (χ0v) is 14.4. The molecule has 0 radical (unpaired) electrons. The summed E-state index contributed by atoms with van der Waals surface area (Å²) in [5.41, 5.74) is 6.90. The van der Waals surface area contributed by atoms with E-state index in [1.54, 1.807) is 18.2 Å². The second-order valence-electron chi connectivity index (χ2n) is 6.52. The van der Waals surface area contributed by atoms with Crippen LogP contribution in [0.15, 0.2) is 24.3 Å². The molecule has 0 amide bonds. The quantitative estimate of drug-likeness (QED) is 0.525. The number of ether oxygens (including phenoxy) is 1. The van der Waals surface area contributed by atoms with Crippen molar-refractivity contribution < 1.29 is 13.9 Å². The van der Waals surface area contributed by atoms with Crippen LogP contribution in [0.4, 0.5) is 4.39 Å². The van der Waals surface area contributed by atoms with Gasteiger partial charge in [0.25, 0.3) is 0 Å². The second kappa shape index (κ2) is 7.02. The fraction of sp³-hybridized carbons (Fsp3) is 0.350. The molecule has 2 aromatic carbocycles. The number of rotatable bonds is 4. The summed E-state index contributed by atoms with van der Waals surface area (Å²) < 4.78 is 19.5. The van der Waals surface area contributed by atoms with E-state index in [2.05, 4.69) is 5.92 Å². The number of carbonyl (C=O) groups excluding carboxylic acids is 1. The Kier molecular flexibility index (Phi) is 5.26. The largest absolute Gasteiger partial charge is 0.425 e. The fourth-order valence-corrected chi connectivity index (χ4v) is 2.56. The van der Waals surface area contributed by atoms with Gasteiger partial charge >= 0.3 is 5.97 Å². The molecule has 0 bridgehead atoms. The average Bonchev–Trinajstić information content (AvgIpc) is 2.53. The number of terminal acetylenes is 1. The maximum Gasteiger partial charge on any atom is 0.328 e. The van der Waals surface area contributed by atoms with Crippen LogP contribution in [0.5, 0.6) is 5.75 Å². The molecule has 0 aliphatic heterocycles. The molecule has 126 valence electrons. The summed E-state index contributed by atoms with van der Waals surface area (Å²) in [6.07, 6.45) is 5.49. The minimum Gasteiger partial charge on any atom is -0.425 e. The standard InChI is InChI=1S/C20H22FNO2/c1-6-15-17(21)8-7-13-9-14(10-16(11(2)3)18(13)15)24-20(23)19(22)12(4)5/h1,7-12,19H,22H2,2-5H3/t19-/m0/s1. The fourth-order valence-electron chi connectivity index (χ4n) is 2.56. The lowest BCUT2D eigenvalue weighted by Crippen LogP contribution is -2.38. The summed E-state index contributed by atoms with van der Waals surface area (Å²) in [6, 6.07) is 5.69. The number of hydrogen-bond donors (Lipinski definition) is 1. The van der Waals surface area contributed by atoms with Gasteiger partial charge in [0.05, 0.1) is 5.56 Å². The highest BCUT2D eigenvalue weighted by Gasteiger charge is 2.21. The third-order valence-electron chi connectivity index (χ3n) is 4.05. The molecule has 2 N–H and O–H groups in total. The predicted molar refractivity (Wildman–Crippen MR) is 94.4 cm³/mol. The van der Waals surface area contributed by atoms with Gasteiger partial charge in [0.2, 0.25) is 0 Å². The van der Waals surface area contributed by atoms with Crippen LogP contribution in [-0.4, -0.2) is 12.0 Å². The Hall–Kier alpha value is -2.38. The average molecular weight is 327 g/mol. The van der Waals surface area contributed by atoms with Crippen molar-refractivity contribution in [3.05, 3.63) is 41.2 Å². The third kappa shape index (κ3) is 3.42. The van der Waals surface area contributed by atoms with Crippen LogP contribution in [0, 0.1) is 24.1 Å². The lowest BCUT2D eigenvalue weighted by Gasteiger charge is -2.17. The van der Waals surface area contributed by atoms with Gasteiger partial charge in [-0.05, 0) is 41.0 Å². The van der Waals surface area contributed by atoms with Gasteiger partial charge in [0.1, 0.15) is 17.6 Å². The molecule has 0 unspecified atom stereocenters. The zero-order chi connectivity index (χ0) is 18.0. The molecule has 0 aliphatic rings. The first kappa shape index (κ1) is 18.0. The van der Waals surface area contributed by atoms with Gasteiger partial charge in [-0.3, -0.25) is 0 Å². The van der Waals surface area contributed by atoms with Crippen LogP contribution in [0.2, 0.25) is 0 Å². The van der Waals surface area contributed by atoms with E-state index in [1.165, 1.54) is 6.07 Å². The van der Waals surface area contributed by atoms with E-state index in [0.29, 0.717) is 11.1 Å². The van der Waals surface area contributed by atoms with Crippen molar-refractivity contribution >= 4 is 16.7 Å². The van der Waals surface area contributed by atoms with Crippen molar-refractivity contribution in [1.82, 2.24) is 0 Å². The Morgan fingerprint density at radius 2 is 1.92 bits per heavy atom. The molecule has 1 atom stereocenters. The topological polar surface area (TPSA) is 52.3 Å². The van der Waals surface area contributed by atoms with Crippen molar-refractivity contribution in [2.24, 2.45) is 11.7 Å². The first-order valence-electron chi connectivity index (χ1n) is 7.96. The molecule has 0 aliphatic carbocycles. The lowest BCUT2D eigenvalue weighted by molar-refractivity contribution is -0.136. The maximum atomic E-state index is 14.0. The molecule has 0 aromatic heterocycles. The number of nitrogens with two attached hydrogens (primary N) is 1. The van der Waals surface area contributed by atoms with Gasteiger partial charge < -0.3 is 10.5 Å². The SMILES string of the molecule is C#Cc1c(F)ccc2cc(OC(=O)[C@@H](N)C(C)C)cc(C(C)C)c12. The van der Waals surface area contributed by atoms with Gasteiger partial charge in [-0.1, -0.05) is 39.7 Å². The number of esters is 1. The van der Waals surface area contributed by atoms with Gasteiger partial charge in [0, 0.05) is 5.39 Å². The number of carbonyl (C=O) groups is 1. The van der Waals surface area contributed by atoms with E-state index < -0.39 is 17.8 Å². The number of halogens is 1. The van der Waals surface area contributed by atoms with Crippen LogP contribution in [0.25, 0.3) is 10.8 Å². The summed E-state index contributed by atoms with van der Waals surface area (Å²) in [5, 5.41) is 1.41. The molecule has 2 aromatic rings. The summed E-state index contributed by atoms with van der Waals surface area (Å²) >= 11 is 0. The van der Waals surface area contributed by atoms with Crippen LogP contribution >= 0.6 is 0 Å². The van der Waals surface area contributed by atoms with Crippen molar-refractivity contribution in [2.75, 3.05) is 0 Å². The molecule has 0 saturated carbocycles. The van der Waals surface area contributed by atoms with E-state index in [-0.39, 0.29) is 17.4 Å². The normalized spacial score (nSPS) is 12.5. The van der Waals surface area contributed by atoms with E-state index in [0.717, 1.165) is 10.9 Å². The van der Waals surface area contributed by atoms with Gasteiger partial charge in [-0.15, -0.1) is 6.42 Å². The highest BCUT2D eigenvalue weighted by molar-refractivity contribution is 5.93. The van der Waals surface area contributed by atoms with E-state index in [4.69, 9.17) is 16.9 Å². The molecule has 3 nitrogen and oxygen atoms in total. The molecular weight excluding hydrogens is 305 g/mol. The summed E-state index contributed by atoms with van der Waals surface area (Å²) in [7, 11) is 0. The maximum absolute atomic E-state index is 14.0. The lowest BCUT2D eigenvalue weighted by atomic mass is 9.92. The monoisotopic (exact) mass is 327 g/mol. The Morgan fingerprint density at radius 3 is 2.46 bits per heavy atom. The molecule has 24 heavy (non-hydrogen) atoms. The Bertz CT molecular complexity index is 818. The molecule has 0 fully saturated rings. The van der Waals surface area contributed by atoms with Crippen molar-refractivity contribution in [2.45, 2.75) is 39.7 Å². The number of benzene rings is 2. The Morgan fingerprint density at radius 1 is 1.25 bits per heavy atom. The molecule has 2 rings (SSSR count). The van der Waals surface area contributed by atoms with Crippen molar-refractivity contribution in [3.8, 4) is 18.1 Å². The van der Waals surface area contributed by atoms with E-state index in [9.17, 15) is 9.18 Å². The van der Waals surface area contributed by atoms with Crippen molar-refractivity contribution in [1.29, 1.82) is 0 Å². The minimum absolute atomic E-state index is 0.0235. The van der Waals surface area contributed by atoms with E-state index in [1.807, 2.05) is 27.7 Å². The Labute approximate surface area is 142 Å². The highest BCUT2D eigenvalue weighted by Crippen LogP contribution is 2.34. The highest BCUT2D eigenvalue weighted by atomic mass is 19.1. The van der Waals surface area contributed by atoms with Crippen LogP contribution < -0.4 is 10.5 Å². The van der Waals surface area contributed by atoms with E-state index >= 15 is 0 Å². The molecule has 4 heteroatoms. The van der Waals surface area contributed by atoms with Gasteiger partial charge in [-0.25, -0.2) is 9.18 Å². The molecular formula is C20H22FNO2. The first-order valence-corrected chi connectivity index (χ1v) is 7.96. The van der Waals surface area contributed by atoms with Crippen LogP contribution in [0.3, 0.4) is 0 Å². The Balaban J connectivity index is 2.58. The number of fused-ring (bicyclic) bond motifs is 1. The zero-order valence-electron chi connectivity index (χ0n) is 14.4. The third-order valence-corrected chi connectivity index (χ3v) is 4.05. The molecule has 0 saturated heterocycles. The first-order chi connectivity index (χ1) is 11.3. The smallest absolute Gasteiger partial charge is 0.328 e. The molecule has 0 spiro atoms. The van der Waals surface area contributed by atoms with Gasteiger partial charge in [0.15, 0.2) is 0 Å². The summed E-state index contributed by atoms with van der Waals surface area (Å²) in [6.45, 7) is 7.67. The minimum atomic E-state index is -0.697. The predicted octanol–water partition coefficient (Wildman–Crippen LogP) is 3.97. The van der Waals surface area contributed by atoms with Gasteiger partial charge in [-0.2, -0.15) is 0 Å². The summed E-state index contributed by atoms with van der Waals surface area (Å²) in [5.74, 6) is 1.95. The number of hydrogen-bond acceptors (Lipinski definition) is 3.